The summed E-state index contributed by atoms with van der Waals surface area (Å²) in [5.74, 6) is -0.353. The van der Waals surface area contributed by atoms with Crippen LogP contribution in [0, 0.1) is 5.82 Å². The minimum atomic E-state index is -0.759. The predicted molar refractivity (Wildman–Crippen MR) is 108 cm³/mol. The van der Waals surface area contributed by atoms with Gasteiger partial charge >= 0.3 is 0 Å². The first-order chi connectivity index (χ1) is 14.1. The fraction of sp³-hybridized carbons (Fsp3) is 0.500. The molecule has 7 heteroatoms. The third kappa shape index (κ3) is 4.08. The summed E-state index contributed by atoms with van der Waals surface area (Å²) in [6, 6.07) is 4.42. The van der Waals surface area contributed by atoms with Gasteiger partial charge in [0.1, 0.15) is 23.3 Å². The Balaban J connectivity index is 1.45. The van der Waals surface area contributed by atoms with Crippen LogP contribution >= 0.6 is 0 Å². The summed E-state index contributed by atoms with van der Waals surface area (Å²) in [5.41, 5.74) is 4.28. The Labute approximate surface area is 170 Å². The number of halogens is 1. The Bertz CT molecular complexity index is 904. The summed E-state index contributed by atoms with van der Waals surface area (Å²) < 4.78 is 24.6. The molecule has 6 nitrogen and oxygen atoms in total. The van der Waals surface area contributed by atoms with E-state index in [-0.39, 0.29) is 12.0 Å². The zero-order valence-corrected chi connectivity index (χ0v) is 17.0. The van der Waals surface area contributed by atoms with Crippen LogP contribution in [-0.4, -0.2) is 36.5 Å². The topological polar surface area (TPSA) is 59.8 Å². The van der Waals surface area contributed by atoms with Gasteiger partial charge in [0.2, 0.25) is 0 Å². The molecule has 0 amide bonds. The number of hydrogen-bond donors (Lipinski definition) is 1. The van der Waals surface area contributed by atoms with E-state index in [4.69, 9.17) is 14.1 Å². The lowest BCUT2D eigenvalue weighted by molar-refractivity contribution is -0.106. The lowest BCUT2D eigenvalue weighted by Crippen LogP contribution is -2.43. The van der Waals surface area contributed by atoms with Crippen LogP contribution in [0.4, 0.5) is 4.39 Å². The number of rotatable bonds is 7. The van der Waals surface area contributed by atoms with Crippen LogP contribution in [0.5, 0.6) is 0 Å². The van der Waals surface area contributed by atoms with E-state index in [0.717, 1.165) is 30.6 Å². The molecule has 2 aliphatic rings. The van der Waals surface area contributed by atoms with Crippen LogP contribution in [-0.2, 0) is 15.2 Å². The lowest BCUT2D eigenvalue weighted by Gasteiger charge is -2.34. The highest BCUT2D eigenvalue weighted by Gasteiger charge is 2.36. The number of fused-ring (bicyclic) bond motifs is 1. The molecule has 1 aromatic heterocycles. The van der Waals surface area contributed by atoms with Crippen LogP contribution in [0.2, 0.25) is 0 Å². The molecule has 1 aliphatic carbocycles. The first-order valence-electron chi connectivity index (χ1n) is 10.3. The van der Waals surface area contributed by atoms with Gasteiger partial charge in [-0.25, -0.2) is 4.39 Å². The van der Waals surface area contributed by atoms with Gasteiger partial charge in [0.05, 0.1) is 5.70 Å². The molecule has 2 aromatic rings. The van der Waals surface area contributed by atoms with Gasteiger partial charge in [0.25, 0.3) is 0 Å². The Morgan fingerprint density at radius 1 is 1.31 bits per heavy atom. The fourth-order valence-electron chi connectivity index (χ4n) is 4.10. The first kappa shape index (κ1) is 20.1. The van der Waals surface area contributed by atoms with Crippen molar-refractivity contribution in [1.82, 2.24) is 15.5 Å². The minimum absolute atomic E-state index is 0.0630. The average molecular weight is 401 g/mol. The monoisotopic (exact) mass is 401 g/mol. The van der Waals surface area contributed by atoms with E-state index in [2.05, 4.69) is 22.5 Å². The second-order valence-corrected chi connectivity index (χ2v) is 7.64. The van der Waals surface area contributed by atoms with Gasteiger partial charge in [-0.2, -0.15) is 0 Å². The number of allylic oxidation sites excluding steroid dienone is 1. The summed E-state index contributed by atoms with van der Waals surface area (Å²) >= 11 is 0. The van der Waals surface area contributed by atoms with Crippen LogP contribution in [0.3, 0.4) is 0 Å². The van der Waals surface area contributed by atoms with Gasteiger partial charge in [-0.05, 0) is 43.5 Å². The summed E-state index contributed by atoms with van der Waals surface area (Å²) in [5, 5.41) is 4.92. The third-order valence-electron chi connectivity index (χ3n) is 5.82. The Kier molecular flexibility index (Phi) is 5.99. The van der Waals surface area contributed by atoms with Gasteiger partial charge in [0, 0.05) is 38.1 Å². The van der Waals surface area contributed by atoms with Gasteiger partial charge in [0.15, 0.2) is 5.58 Å². The van der Waals surface area contributed by atoms with Crippen molar-refractivity contribution in [3.05, 3.63) is 53.6 Å². The smallest absolute Gasteiger partial charge is 0.170 e. The van der Waals surface area contributed by atoms with E-state index in [1.165, 1.54) is 31.4 Å². The maximum Gasteiger partial charge on any atom is 0.170 e. The first-order valence-corrected chi connectivity index (χ1v) is 10.3. The number of hydrogen-bond acceptors (Lipinski definition) is 6. The summed E-state index contributed by atoms with van der Waals surface area (Å²) in [7, 11) is 1.64. The van der Waals surface area contributed by atoms with Gasteiger partial charge in [-0.1, -0.05) is 24.6 Å². The molecular weight excluding hydrogens is 373 g/mol. The molecule has 2 heterocycles. The van der Waals surface area contributed by atoms with Crippen molar-refractivity contribution in [3.8, 4) is 0 Å². The second kappa shape index (κ2) is 8.65. The highest BCUT2D eigenvalue weighted by molar-refractivity contribution is 5.80. The zero-order valence-electron chi connectivity index (χ0n) is 17.0. The van der Waals surface area contributed by atoms with Crippen LogP contribution in [0.25, 0.3) is 11.0 Å². The number of nitrogens with zero attached hydrogens (tertiary/aromatic N) is 2. The number of benzene rings is 1. The Hall–Kier alpha value is -2.22. The molecule has 0 saturated carbocycles. The van der Waals surface area contributed by atoms with E-state index in [0.29, 0.717) is 17.7 Å². The van der Waals surface area contributed by atoms with Gasteiger partial charge < -0.3 is 9.26 Å². The zero-order chi connectivity index (χ0) is 20.3. The average Bonchev–Trinajstić information content (AvgIpc) is 3.19. The quantitative estimate of drug-likeness (QED) is 0.694. The van der Waals surface area contributed by atoms with Crippen LogP contribution < -0.4 is 5.48 Å². The number of ether oxygens (including phenoxy) is 1. The fourth-order valence-corrected chi connectivity index (χ4v) is 4.10. The van der Waals surface area contributed by atoms with Crippen molar-refractivity contribution < 1.29 is 18.5 Å². The second-order valence-electron chi connectivity index (χ2n) is 7.64. The number of hydroxylamine groups is 1. The van der Waals surface area contributed by atoms with E-state index in [1.54, 1.807) is 13.2 Å². The predicted octanol–water partition coefficient (Wildman–Crippen LogP) is 4.40. The molecule has 1 aromatic carbocycles. The molecule has 2 unspecified atom stereocenters. The number of piperidine rings is 1. The molecule has 2 atom stereocenters. The maximum atomic E-state index is 13.5. The van der Waals surface area contributed by atoms with Gasteiger partial charge in [-0.15, -0.1) is 0 Å². The molecule has 1 N–H and O–H groups in total. The number of likely N-dealkylation sites (tertiary alicyclic amines) is 1. The molecule has 0 radical (unpaired) electrons. The lowest BCUT2D eigenvalue weighted by atomic mass is 9.88. The van der Waals surface area contributed by atoms with Crippen molar-refractivity contribution in [2.45, 2.75) is 50.9 Å². The van der Waals surface area contributed by atoms with Crippen molar-refractivity contribution in [2.24, 2.45) is 0 Å². The molecular formula is C22H28FN3O3. The molecule has 1 saturated heterocycles. The summed E-state index contributed by atoms with van der Waals surface area (Å²) in [6.45, 7) is 4.31. The van der Waals surface area contributed by atoms with Crippen molar-refractivity contribution in [3.63, 3.8) is 0 Å². The van der Waals surface area contributed by atoms with Crippen molar-refractivity contribution in [1.29, 1.82) is 0 Å². The Morgan fingerprint density at radius 3 is 2.83 bits per heavy atom. The third-order valence-corrected chi connectivity index (χ3v) is 5.82. The highest BCUT2D eigenvalue weighted by atomic mass is 19.1. The van der Waals surface area contributed by atoms with Crippen molar-refractivity contribution in [2.75, 3.05) is 20.2 Å². The maximum absolute atomic E-state index is 13.5. The largest absolute Gasteiger partial charge is 0.367 e. The minimum Gasteiger partial charge on any atom is -0.367 e. The van der Waals surface area contributed by atoms with Gasteiger partial charge in [-0.3, -0.25) is 15.2 Å². The summed E-state index contributed by atoms with van der Waals surface area (Å²) in [4.78, 5) is 8.38. The van der Waals surface area contributed by atoms with E-state index in [1.807, 2.05) is 18.2 Å². The highest BCUT2D eigenvalue weighted by Crippen LogP contribution is 2.38. The molecule has 0 spiro atoms. The normalized spacial score (nSPS) is 23.9. The number of methoxy groups -OCH3 is 1. The van der Waals surface area contributed by atoms with E-state index < -0.39 is 5.60 Å². The van der Waals surface area contributed by atoms with Crippen LogP contribution in [0.15, 0.2) is 46.6 Å². The van der Waals surface area contributed by atoms with Crippen molar-refractivity contribution >= 4 is 11.0 Å². The SMILES string of the molecule is CCC(ONC1=CCC(OC)(c2noc3cc(F)ccc23)C=C1)N1CCCCC1. The molecule has 4 rings (SSSR count). The molecule has 1 aliphatic heterocycles. The molecule has 1 fully saturated rings. The molecule has 156 valence electrons. The standard InChI is InChI=1S/C22H28FN3O3/c1-3-20(26-13-5-4-6-14-26)29-24-17-9-11-22(27-2,12-10-17)21-18-8-7-16(23)15-19(18)28-25-21/h7-11,15,20,24H,3-6,12-14H2,1-2H3. The molecule has 0 bridgehead atoms. The number of aromatic nitrogens is 1. The Morgan fingerprint density at radius 2 is 2.14 bits per heavy atom. The van der Waals surface area contributed by atoms with E-state index in [9.17, 15) is 4.39 Å². The number of nitrogens with one attached hydrogen (secondary N) is 1. The van der Waals surface area contributed by atoms with Crippen LogP contribution in [0.1, 0.15) is 44.7 Å². The van der Waals surface area contributed by atoms with E-state index >= 15 is 0 Å². The summed E-state index contributed by atoms with van der Waals surface area (Å²) in [6.07, 6.45) is 11.2. The molecule has 29 heavy (non-hydrogen) atoms.